The Morgan fingerprint density at radius 1 is 1.24 bits per heavy atom. The first-order valence-corrected chi connectivity index (χ1v) is 9.34. The summed E-state index contributed by atoms with van der Waals surface area (Å²) >= 11 is 1.33. The number of aromatic nitrogens is 1. The van der Waals surface area contributed by atoms with E-state index in [0.29, 0.717) is 28.9 Å². The first kappa shape index (κ1) is 16.1. The van der Waals surface area contributed by atoms with Gasteiger partial charge in [-0.3, -0.25) is 14.5 Å². The standard InChI is InChI=1S/C18H20N4O2S/c1-21-15-14(17(24)22-10-6-5-9-13(22)16(21)23)25-18(20-15)19-11-12-7-3-2-4-8-12/h2-4,7-8,13H,5-6,9-11H2,1H3,(H,19,20). The molecule has 1 aromatic carbocycles. The van der Waals surface area contributed by atoms with Crippen LogP contribution in [0.1, 0.15) is 34.5 Å². The molecule has 0 spiro atoms. The van der Waals surface area contributed by atoms with Crippen LogP contribution in [0.3, 0.4) is 0 Å². The van der Waals surface area contributed by atoms with Gasteiger partial charge in [-0.25, -0.2) is 4.98 Å². The summed E-state index contributed by atoms with van der Waals surface area (Å²) in [5, 5.41) is 3.93. The van der Waals surface area contributed by atoms with Crippen LogP contribution in [0.5, 0.6) is 0 Å². The zero-order valence-corrected chi connectivity index (χ0v) is 14.9. The molecule has 1 saturated heterocycles. The van der Waals surface area contributed by atoms with Gasteiger partial charge < -0.3 is 10.2 Å². The molecule has 2 amide bonds. The highest BCUT2D eigenvalue weighted by molar-refractivity contribution is 7.18. The van der Waals surface area contributed by atoms with Crippen LogP contribution in [-0.4, -0.2) is 41.3 Å². The van der Waals surface area contributed by atoms with Crippen LogP contribution in [0, 0.1) is 0 Å². The second kappa shape index (κ2) is 6.48. The van der Waals surface area contributed by atoms with Gasteiger partial charge in [-0.1, -0.05) is 41.7 Å². The van der Waals surface area contributed by atoms with Gasteiger partial charge in [0, 0.05) is 20.1 Å². The maximum Gasteiger partial charge on any atom is 0.268 e. The second-order valence-electron chi connectivity index (χ2n) is 6.42. The molecule has 0 bridgehead atoms. The zero-order valence-electron chi connectivity index (χ0n) is 14.1. The van der Waals surface area contributed by atoms with Crippen molar-refractivity contribution in [2.75, 3.05) is 23.8 Å². The lowest BCUT2D eigenvalue weighted by Crippen LogP contribution is -2.50. The molecule has 7 heteroatoms. The molecule has 130 valence electrons. The van der Waals surface area contributed by atoms with Gasteiger partial charge in [0.05, 0.1) is 0 Å². The summed E-state index contributed by atoms with van der Waals surface area (Å²) in [6.45, 7) is 1.28. The molecule has 2 aliphatic heterocycles. The summed E-state index contributed by atoms with van der Waals surface area (Å²) in [5.41, 5.74) is 1.14. The number of carbonyl (C=O) groups excluding carboxylic acids is 2. The van der Waals surface area contributed by atoms with Gasteiger partial charge in [-0.15, -0.1) is 0 Å². The van der Waals surface area contributed by atoms with Gasteiger partial charge in [0.2, 0.25) is 0 Å². The number of hydrogen-bond acceptors (Lipinski definition) is 5. The lowest BCUT2D eigenvalue weighted by atomic mass is 10.0. The maximum atomic E-state index is 12.9. The summed E-state index contributed by atoms with van der Waals surface area (Å²) in [6, 6.07) is 9.67. The number of nitrogens with zero attached hydrogens (tertiary/aromatic N) is 3. The van der Waals surface area contributed by atoms with Crippen molar-refractivity contribution in [2.45, 2.75) is 31.8 Å². The van der Waals surface area contributed by atoms with Gasteiger partial charge in [0.1, 0.15) is 10.9 Å². The van der Waals surface area contributed by atoms with Crippen molar-refractivity contribution in [1.82, 2.24) is 9.88 Å². The molecule has 4 rings (SSSR count). The first-order chi connectivity index (χ1) is 12.1. The van der Waals surface area contributed by atoms with Crippen LogP contribution in [0.4, 0.5) is 10.9 Å². The lowest BCUT2D eigenvalue weighted by Gasteiger charge is -2.33. The van der Waals surface area contributed by atoms with Crippen molar-refractivity contribution in [1.29, 1.82) is 0 Å². The number of amides is 2. The van der Waals surface area contributed by atoms with E-state index < -0.39 is 0 Å². The molecule has 1 unspecified atom stereocenters. The van der Waals surface area contributed by atoms with E-state index in [-0.39, 0.29) is 17.9 Å². The number of carbonyl (C=O) groups is 2. The van der Waals surface area contributed by atoms with Gasteiger partial charge >= 0.3 is 0 Å². The monoisotopic (exact) mass is 356 g/mol. The van der Waals surface area contributed by atoms with Gasteiger partial charge in [0.15, 0.2) is 10.9 Å². The molecule has 1 N–H and O–H groups in total. The second-order valence-corrected chi connectivity index (χ2v) is 7.42. The third-order valence-electron chi connectivity index (χ3n) is 4.79. The fourth-order valence-electron chi connectivity index (χ4n) is 3.42. The molecule has 1 atom stereocenters. The van der Waals surface area contributed by atoms with Gasteiger partial charge in [-0.2, -0.15) is 0 Å². The SMILES string of the molecule is CN1C(=O)C2CCCCN2C(=O)c2sc(NCc3ccccc3)nc21. The number of rotatable bonds is 3. The highest BCUT2D eigenvalue weighted by atomic mass is 32.1. The zero-order chi connectivity index (χ0) is 17.4. The quantitative estimate of drug-likeness (QED) is 0.918. The summed E-state index contributed by atoms with van der Waals surface area (Å²) in [7, 11) is 1.72. The Kier molecular flexibility index (Phi) is 4.17. The molecular formula is C18H20N4O2S. The van der Waals surface area contributed by atoms with Crippen LogP contribution in [0.2, 0.25) is 0 Å². The van der Waals surface area contributed by atoms with Crippen LogP contribution in [0.25, 0.3) is 0 Å². The fourth-order valence-corrected chi connectivity index (χ4v) is 4.37. The van der Waals surface area contributed by atoms with Crippen molar-refractivity contribution in [3.05, 3.63) is 40.8 Å². The normalized spacial score (nSPS) is 20.1. The van der Waals surface area contributed by atoms with Crippen molar-refractivity contribution >= 4 is 34.1 Å². The molecule has 1 fully saturated rings. The summed E-state index contributed by atoms with van der Waals surface area (Å²) in [5.74, 6) is 0.374. The number of fused-ring (bicyclic) bond motifs is 2. The highest BCUT2D eigenvalue weighted by Gasteiger charge is 2.41. The Morgan fingerprint density at radius 2 is 2.04 bits per heavy atom. The molecular weight excluding hydrogens is 336 g/mol. The Bertz CT molecular complexity index is 805. The molecule has 2 aromatic rings. The minimum atomic E-state index is -0.339. The smallest absolute Gasteiger partial charge is 0.268 e. The molecule has 6 nitrogen and oxygen atoms in total. The highest BCUT2D eigenvalue weighted by Crippen LogP contribution is 2.36. The Morgan fingerprint density at radius 3 is 2.84 bits per heavy atom. The largest absolute Gasteiger partial charge is 0.357 e. The Labute approximate surface area is 150 Å². The average Bonchev–Trinajstić information content (AvgIpc) is 3.07. The predicted molar refractivity (Wildman–Crippen MR) is 98.0 cm³/mol. The molecule has 2 aliphatic rings. The molecule has 0 aliphatic carbocycles. The van der Waals surface area contributed by atoms with E-state index in [1.807, 2.05) is 30.3 Å². The Balaban J connectivity index is 1.61. The minimum absolute atomic E-state index is 0.0355. The van der Waals surface area contributed by atoms with E-state index in [4.69, 9.17) is 0 Å². The third-order valence-corrected chi connectivity index (χ3v) is 5.78. The number of nitrogens with one attached hydrogen (secondary N) is 1. The van der Waals surface area contributed by atoms with E-state index in [9.17, 15) is 9.59 Å². The number of hydrogen-bond donors (Lipinski definition) is 1. The molecule has 0 saturated carbocycles. The number of likely N-dealkylation sites (N-methyl/N-ethyl adjacent to an activating group) is 1. The first-order valence-electron chi connectivity index (χ1n) is 8.52. The minimum Gasteiger partial charge on any atom is -0.357 e. The van der Waals surface area contributed by atoms with Crippen molar-refractivity contribution in [3.63, 3.8) is 0 Å². The van der Waals surface area contributed by atoms with E-state index >= 15 is 0 Å². The van der Waals surface area contributed by atoms with Gasteiger partial charge in [-0.05, 0) is 24.8 Å². The Hall–Kier alpha value is -2.41. The lowest BCUT2D eigenvalue weighted by molar-refractivity contribution is -0.123. The van der Waals surface area contributed by atoms with Crippen molar-refractivity contribution < 1.29 is 9.59 Å². The molecule has 25 heavy (non-hydrogen) atoms. The topological polar surface area (TPSA) is 65.5 Å². The molecule has 0 radical (unpaired) electrons. The van der Waals surface area contributed by atoms with Crippen molar-refractivity contribution in [2.24, 2.45) is 0 Å². The number of thiazole rings is 1. The molecule has 3 heterocycles. The van der Waals surface area contributed by atoms with Crippen LogP contribution in [0.15, 0.2) is 30.3 Å². The number of benzene rings is 1. The van der Waals surface area contributed by atoms with Crippen molar-refractivity contribution in [3.8, 4) is 0 Å². The van der Waals surface area contributed by atoms with E-state index in [0.717, 1.165) is 24.8 Å². The average molecular weight is 356 g/mol. The van der Waals surface area contributed by atoms with Crippen LogP contribution in [-0.2, 0) is 11.3 Å². The van der Waals surface area contributed by atoms with Crippen LogP contribution < -0.4 is 10.2 Å². The van der Waals surface area contributed by atoms with Gasteiger partial charge in [0.25, 0.3) is 11.8 Å². The maximum absolute atomic E-state index is 12.9. The van der Waals surface area contributed by atoms with Crippen LogP contribution >= 0.6 is 11.3 Å². The third kappa shape index (κ3) is 2.89. The number of piperidine rings is 1. The van der Waals surface area contributed by atoms with E-state index in [1.165, 1.54) is 11.3 Å². The summed E-state index contributed by atoms with van der Waals surface area (Å²) in [6.07, 6.45) is 2.68. The summed E-state index contributed by atoms with van der Waals surface area (Å²) in [4.78, 5) is 34.1. The fraction of sp³-hybridized carbons (Fsp3) is 0.389. The van der Waals surface area contributed by atoms with E-state index in [2.05, 4.69) is 10.3 Å². The summed E-state index contributed by atoms with van der Waals surface area (Å²) < 4.78 is 0. The van der Waals surface area contributed by atoms with E-state index in [1.54, 1.807) is 16.8 Å². The number of anilines is 2. The molecule has 1 aromatic heterocycles. The predicted octanol–water partition coefficient (Wildman–Crippen LogP) is 2.73.